The summed E-state index contributed by atoms with van der Waals surface area (Å²) in [6, 6.07) is 0. The lowest BCUT2D eigenvalue weighted by atomic mass is 10.0. The highest BCUT2D eigenvalue weighted by Gasteiger charge is 2.30. The zero-order chi connectivity index (χ0) is 63.9. The lowest BCUT2D eigenvalue weighted by Gasteiger charge is -2.21. The lowest BCUT2D eigenvalue weighted by Crippen LogP contribution is -2.30. The third kappa shape index (κ3) is 60.9. The van der Waals surface area contributed by atoms with Crippen LogP contribution in [0.3, 0.4) is 0 Å². The Morgan fingerprint density at radius 2 is 0.488 bits per heavy atom. The first-order chi connectivity index (χ1) is 41.1. The molecular weight excluding hydrogens is 1140 g/mol. The van der Waals surface area contributed by atoms with Gasteiger partial charge in [0.25, 0.3) is 0 Å². The average molecular weight is 1270 g/mol. The second kappa shape index (κ2) is 57.0. The van der Waals surface area contributed by atoms with Gasteiger partial charge in [0.05, 0.1) is 26.4 Å². The van der Waals surface area contributed by atoms with E-state index in [2.05, 4.69) is 55.4 Å². The molecule has 0 spiro atoms. The van der Waals surface area contributed by atoms with Crippen LogP contribution in [0.5, 0.6) is 0 Å². The summed E-state index contributed by atoms with van der Waals surface area (Å²) in [4.78, 5) is 72.4. The van der Waals surface area contributed by atoms with Crippen LogP contribution in [-0.4, -0.2) is 96.7 Å². The predicted molar refractivity (Wildman–Crippen MR) is 344 cm³/mol. The number of aliphatic hydroxyl groups is 1. The SMILES string of the molecule is CC(C)CCCCCCCCCCCCCC(=O)O[C@H](COC(=O)CCCCCCCCCCC(C)C)COP(=O)(O)OCC(O)COP(=O)(O)OC[C@@H](COC(=O)CCCCCCCCCC(C)C)OC(=O)CCCCCCCCCCC(C)C. The van der Waals surface area contributed by atoms with E-state index in [1.807, 2.05) is 0 Å². The van der Waals surface area contributed by atoms with E-state index >= 15 is 0 Å². The lowest BCUT2D eigenvalue weighted by molar-refractivity contribution is -0.161. The molecule has 0 rings (SSSR count). The molecule has 0 amide bonds. The molecule has 0 aliphatic heterocycles. The van der Waals surface area contributed by atoms with Crippen molar-refractivity contribution in [3.05, 3.63) is 0 Å². The summed E-state index contributed by atoms with van der Waals surface area (Å²) in [5.74, 6) is 0.779. The molecule has 86 heavy (non-hydrogen) atoms. The van der Waals surface area contributed by atoms with Gasteiger partial charge in [-0.15, -0.1) is 0 Å². The van der Waals surface area contributed by atoms with Gasteiger partial charge in [0.2, 0.25) is 0 Å². The molecule has 3 unspecified atom stereocenters. The van der Waals surface area contributed by atoms with Crippen LogP contribution in [0.2, 0.25) is 0 Å². The van der Waals surface area contributed by atoms with Crippen molar-refractivity contribution >= 4 is 39.5 Å². The molecule has 0 fully saturated rings. The van der Waals surface area contributed by atoms with Crippen molar-refractivity contribution < 1.29 is 80.2 Å². The van der Waals surface area contributed by atoms with Gasteiger partial charge in [-0.1, -0.05) is 274 Å². The van der Waals surface area contributed by atoms with Crippen molar-refractivity contribution in [1.29, 1.82) is 0 Å². The van der Waals surface area contributed by atoms with Crippen LogP contribution in [0.25, 0.3) is 0 Å². The van der Waals surface area contributed by atoms with Gasteiger partial charge in [-0.3, -0.25) is 37.3 Å². The zero-order valence-corrected chi connectivity index (χ0v) is 57.7. The molecule has 0 saturated carbocycles. The Kier molecular flexibility index (Phi) is 55.7. The van der Waals surface area contributed by atoms with Crippen LogP contribution >= 0.6 is 15.6 Å². The van der Waals surface area contributed by atoms with E-state index in [9.17, 15) is 43.2 Å². The van der Waals surface area contributed by atoms with E-state index in [1.165, 1.54) is 122 Å². The fourth-order valence-corrected chi connectivity index (χ4v) is 11.5. The van der Waals surface area contributed by atoms with Gasteiger partial charge in [0.1, 0.15) is 19.3 Å². The molecule has 0 aliphatic rings. The molecule has 0 aliphatic carbocycles. The van der Waals surface area contributed by atoms with Crippen LogP contribution in [-0.2, 0) is 65.4 Å². The van der Waals surface area contributed by atoms with E-state index in [-0.39, 0.29) is 25.7 Å². The molecule has 5 atom stereocenters. The number of hydrogen-bond acceptors (Lipinski definition) is 15. The van der Waals surface area contributed by atoms with E-state index in [0.717, 1.165) is 114 Å². The number of unbranched alkanes of at least 4 members (excludes halogenated alkanes) is 30. The summed E-state index contributed by atoms with van der Waals surface area (Å²) in [6.45, 7) is 14.0. The van der Waals surface area contributed by atoms with Crippen molar-refractivity contribution in [3.63, 3.8) is 0 Å². The maximum Gasteiger partial charge on any atom is 0.472 e. The summed E-state index contributed by atoms with van der Waals surface area (Å²) in [7, 11) is -9.90. The van der Waals surface area contributed by atoms with E-state index in [1.54, 1.807) is 0 Å². The number of phosphoric ester groups is 2. The van der Waals surface area contributed by atoms with Gasteiger partial charge < -0.3 is 33.8 Å². The van der Waals surface area contributed by atoms with Crippen molar-refractivity contribution in [2.45, 2.75) is 343 Å². The van der Waals surface area contributed by atoms with E-state index in [4.69, 9.17) is 37.0 Å². The maximum atomic E-state index is 13.0. The summed E-state index contributed by atoms with van der Waals surface area (Å²) < 4.78 is 68.1. The van der Waals surface area contributed by atoms with Crippen molar-refractivity contribution in [1.82, 2.24) is 0 Å². The highest BCUT2D eigenvalue weighted by molar-refractivity contribution is 7.47. The largest absolute Gasteiger partial charge is 0.472 e. The first-order valence-corrected chi connectivity index (χ1v) is 37.7. The Bertz CT molecular complexity index is 1710. The first kappa shape index (κ1) is 84.1. The number of carbonyl (C=O) groups excluding carboxylic acids is 4. The van der Waals surface area contributed by atoms with E-state index in [0.29, 0.717) is 31.6 Å². The van der Waals surface area contributed by atoms with Crippen molar-refractivity contribution in [3.8, 4) is 0 Å². The molecule has 0 aromatic carbocycles. The fraction of sp³-hybridized carbons (Fsp3) is 0.940. The topological polar surface area (TPSA) is 237 Å². The minimum atomic E-state index is -4.95. The average Bonchev–Trinajstić information content (AvgIpc) is 3.57. The van der Waals surface area contributed by atoms with Gasteiger partial charge in [-0.25, -0.2) is 9.13 Å². The normalized spacial score (nSPS) is 14.4. The van der Waals surface area contributed by atoms with Crippen molar-refractivity contribution in [2.24, 2.45) is 23.7 Å². The number of hydrogen-bond donors (Lipinski definition) is 3. The Morgan fingerprint density at radius 1 is 0.291 bits per heavy atom. The Labute approximate surface area is 524 Å². The molecule has 0 aromatic rings. The molecule has 0 radical (unpaired) electrons. The molecule has 0 aromatic heterocycles. The molecular formula is C67H130O17P2. The summed E-state index contributed by atoms with van der Waals surface area (Å²) in [6.07, 6.45) is 37.7. The van der Waals surface area contributed by atoms with Crippen LogP contribution in [0.4, 0.5) is 0 Å². The standard InChI is InChI=1S/C67H130O17P2/c1-57(2)43-35-27-19-12-10-9-11-13-24-33-41-49-66(71)83-62(53-77-64(69)47-39-31-23-16-14-20-28-36-44-58(3)4)55-81-85(73,74)79-51-61(68)52-80-86(75,76)82-56-63(54-78-65(70)48-40-32-26-18-22-30-38-46-60(7)8)84-67(72)50-42-34-25-17-15-21-29-37-45-59(5)6/h57-63,68H,9-56H2,1-8H3,(H,73,74)(H,75,76)/t61?,62-,63-/m1/s1. The first-order valence-electron chi connectivity index (χ1n) is 34.7. The molecule has 510 valence electrons. The Balaban J connectivity index is 5.26. The van der Waals surface area contributed by atoms with Crippen molar-refractivity contribution in [2.75, 3.05) is 39.6 Å². The molecule has 0 heterocycles. The number of ether oxygens (including phenoxy) is 4. The fourth-order valence-electron chi connectivity index (χ4n) is 9.96. The number of esters is 4. The van der Waals surface area contributed by atoms with Gasteiger partial charge in [-0.2, -0.15) is 0 Å². The maximum absolute atomic E-state index is 13.0. The number of rotatable bonds is 64. The minimum absolute atomic E-state index is 0.103. The van der Waals surface area contributed by atoms with Gasteiger partial charge in [0, 0.05) is 25.7 Å². The Morgan fingerprint density at radius 3 is 0.721 bits per heavy atom. The molecule has 3 N–H and O–H groups in total. The van der Waals surface area contributed by atoms with Crippen LogP contribution in [0, 0.1) is 23.7 Å². The highest BCUT2D eigenvalue weighted by atomic mass is 31.2. The summed E-state index contributed by atoms with van der Waals surface area (Å²) in [5.41, 5.74) is 0. The van der Waals surface area contributed by atoms with E-state index < -0.39 is 97.5 Å². The monoisotopic (exact) mass is 1270 g/mol. The van der Waals surface area contributed by atoms with Crippen LogP contribution < -0.4 is 0 Å². The minimum Gasteiger partial charge on any atom is -0.462 e. The number of aliphatic hydroxyl groups excluding tert-OH is 1. The third-order valence-corrected chi connectivity index (χ3v) is 17.2. The summed E-state index contributed by atoms with van der Waals surface area (Å²) >= 11 is 0. The van der Waals surface area contributed by atoms with Gasteiger partial charge >= 0.3 is 39.5 Å². The third-order valence-electron chi connectivity index (χ3n) is 15.3. The highest BCUT2D eigenvalue weighted by Crippen LogP contribution is 2.45. The molecule has 19 heteroatoms. The number of carbonyl (C=O) groups is 4. The van der Waals surface area contributed by atoms with Crippen LogP contribution in [0.15, 0.2) is 0 Å². The molecule has 17 nitrogen and oxygen atoms in total. The second-order valence-corrected chi connectivity index (χ2v) is 29.0. The van der Waals surface area contributed by atoms with Gasteiger partial charge in [0.15, 0.2) is 12.2 Å². The Hall–Kier alpha value is -1.94. The summed E-state index contributed by atoms with van der Waals surface area (Å²) in [5, 5.41) is 10.6. The number of phosphoric acid groups is 2. The molecule has 0 bridgehead atoms. The second-order valence-electron chi connectivity index (χ2n) is 26.1. The van der Waals surface area contributed by atoms with Gasteiger partial charge in [-0.05, 0) is 49.4 Å². The predicted octanol–water partition coefficient (Wildman–Crippen LogP) is 18.5. The smallest absolute Gasteiger partial charge is 0.462 e. The quantitative estimate of drug-likeness (QED) is 0.0222. The van der Waals surface area contributed by atoms with Crippen LogP contribution in [0.1, 0.15) is 325 Å². The molecule has 0 saturated heterocycles. The zero-order valence-electron chi connectivity index (χ0n) is 55.9.